The van der Waals surface area contributed by atoms with Crippen molar-refractivity contribution >= 4 is 35.1 Å². The fraction of sp³-hybridized carbons (Fsp3) is 0.545. The fourth-order valence-electron chi connectivity index (χ4n) is 8.07. The average Bonchev–Trinajstić information content (AvgIpc) is 3.35. The van der Waals surface area contributed by atoms with Crippen molar-refractivity contribution in [2.45, 2.75) is 130 Å². The molecule has 2 spiro atoms. The van der Waals surface area contributed by atoms with Crippen LogP contribution in [0.3, 0.4) is 0 Å². The summed E-state index contributed by atoms with van der Waals surface area (Å²) < 4.78 is 16.9. The summed E-state index contributed by atoms with van der Waals surface area (Å²) in [6.45, 7) is 13.6. The Morgan fingerprint density at radius 1 is 0.750 bits per heavy atom. The lowest BCUT2D eigenvalue weighted by Gasteiger charge is -2.30. The van der Waals surface area contributed by atoms with Gasteiger partial charge >= 0.3 is 6.09 Å². The summed E-state index contributed by atoms with van der Waals surface area (Å²) in [5, 5.41) is 19.8. The maximum atomic E-state index is 13.1. The first-order valence-electron chi connectivity index (χ1n) is 20.3. The van der Waals surface area contributed by atoms with Gasteiger partial charge in [0.25, 0.3) is 11.8 Å². The third-order valence-corrected chi connectivity index (χ3v) is 10.7. The number of aliphatic imine (C=N–C) groups is 1. The highest BCUT2D eigenvalue weighted by Gasteiger charge is 2.48. The monoisotopic (exact) mass is 772 g/mol. The fourth-order valence-corrected chi connectivity index (χ4v) is 8.07. The Labute approximate surface area is 331 Å². The van der Waals surface area contributed by atoms with Gasteiger partial charge in [-0.05, 0) is 114 Å². The van der Waals surface area contributed by atoms with E-state index in [1.165, 1.54) is 18.9 Å². The minimum absolute atomic E-state index is 0.156. The van der Waals surface area contributed by atoms with Gasteiger partial charge in [0.1, 0.15) is 23.0 Å². The summed E-state index contributed by atoms with van der Waals surface area (Å²) in [4.78, 5) is 50.2. The molecule has 2 aliphatic carbocycles. The molecule has 4 N–H and O–H groups in total. The molecule has 4 aliphatic rings. The van der Waals surface area contributed by atoms with Crippen molar-refractivity contribution in [3.8, 4) is 11.5 Å². The molecule has 0 atom stereocenters. The van der Waals surface area contributed by atoms with Crippen LogP contribution in [0.25, 0.3) is 11.1 Å². The Balaban J connectivity index is 0.000000225. The second kappa shape index (κ2) is 20.7. The SMILES string of the molecule is CCN=C=O.CCNC(=O)OC1=C(c2ccc(OCC)cc2C)C(=O)NC12CCCCCC2.CCOc1ccc(C2=C(O)C3(CCCCCC3)NC2=O)c(C)c1. The smallest absolute Gasteiger partial charge is 0.412 e. The molecule has 0 saturated heterocycles. The first kappa shape index (κ1) is 43.6. The molecule has 304 valence electrons. The van der Waals surface area contributed by atoms with Crippen LogP contribution in [0.15, 0.2) is 52.9 Å². The summed E-state index contributed by atoms with van der Waals surface area (Å²) in [6, 6.07) is 11.3. The zero-order valence-electron chi connectivity index (χ0n) is 34.0. The Kier molecular flexibility index (Phi) is 16.1. The van der Waals surface area contributed by atoms with Crippen molar-refractivity contribution in [1.82, 2.24) is 16.0 Å². The molecule has 2 aliphatic heterocycles. The van der Waals surface area contributed by atoms with Gasteiger partial charge in [-0.25, -0.2) is 14.6 Å². The molecule has 2 aromatic rings. The van der Waals surface area contributed by atoms with Crippen molar-refractivity contribution < 1.29 is 38.5 Å². The Hall–Kier alpha value is -5.09. The van der Waals surface area contributed by atoms with Crippen LogP contribution >= 0.6 is 0 Å². The minimum Gasteiger partial charge on any atom is -0.509 e. The van der Waals surface area contributed by atoms with Crippen molar-refractivity contribution in [2.75, 3.05) is 26.3 Å². The number of isocyanates is 1. The van der Waals surface area contributed by atoms with E-state index in [0.29, 0.717) is 43.2 Å². The van der Waals surface area contributed by atoms with Crippen LogP contribution in [0.2, 0.25) is 0 Å². The van der Waals surface area contributed by atoms with Crippen LogP contribution in [-0.2, 0) is 19.1 Å². The standard InChI is InChI=1S/C22H30N2O4.C19H25NO3.C3H5NO/c1-4-23-21(26)28-19-18(17-11-10-16(27-5-2)14-15(17)3)20(25)24-22(19)12-8-6-7-9-13-22;1-3-23-14-8-9-15(13(2)12-14)16-17(21)19(20-18(16)22)10-6-4-5-7-11-19;1-2-4-3-5/h10-11,14H,4-9,12-13H2,1-3H3,(H,23,26)(H,24,25);8-9,12,21H,3-7,10-11H2,1-2H3,(H,20,22);2H2,1H3. The van der Waals surface area contributed by atoms with Crippen LogP contribution in [-0.4, -0.2) is 66.5 Å². The lowest BCUT2D eigenvalue weighted by molar-refractivity contribution is -0.117. The van der Waals surface area contributed by atoms with Gasteiger partial charge in [-0.2, -0.15) is 0 Å². The highest BCUT2D eigenvalue weighted by atomic mass is 16.6. The third kappa shape index (κ3) is 10.4. The topological polar surface area (TPSA) is 165 Å². The quantitative estimate of drug-likeness (QED) is 0.146. The first-order chi connectivity index (χ1) is 27.0. The Morgan fingerprint density at radius 2 is 1.21 bits per heavy atom. The number of carbonyl (C=O) groups is 3. The third-order valence-electron chi connectivity index (χ3n) is 10.7. The highest BCUT2D eigenvalue weighted by Crippen LogP contribution is 2.44. The van der Waals surface area contributed by atoms with E-state index in [1.807, 2.05) is 71.0 Å². The number of aliphatic hydroxyl groups is 1. The largest absolute Gasteiger partial charge is 0.509 e. The zero-order chi connectivity index (χ0) is 40.7. The van der Waals surface area contributed by atoms with E-state index in [9.17, 15) is 19.5 Å². The summed E-state index contributed by atoms with van der Waals surface area (Å²) in [5.74, 6) is 1.92. The van der Waals surface area contributed by atoms with E-state index in [1.54, 1.807) is 6.92 Å². The van der Waals surface area contributed by atoms with Crippen LogP contribution < -0.4 is 25.4 Å². The molecule has 0 radical (unpaired) electrons. The average molecular weight is 773 g/mol. The predicted octanol–water partition coefficient (Wildman–Crippen LogP) is 8.30. The number of hydrogen-bond donors (Lipinski definition) is 4. The molecule has 56 heavy (non-hydrogen) atoms. The van der Waals surface area contributed by atoms with Crippen molar-refractivity contribution in [3.63, 3.8) is 0 Å². The number of nitrogens with one attached hydrogen (secondary N) is 3. The van der Waals surface area contributed by atoms with Crippen LogP contribution in [0.4, 0.5) is 4.79 Å². The summed E-state index contributed by atoms with van der Waals surface area (Å²) in [6.07, 6.45) is 12.8. The van der Waals surface area contributed by atoms with Gasteiger partial charge in [0, 0.05) is 13.1 Å². The second-order valence-electron chi connectivity index (χ2n) is 14.6. The van der Waals surface area contributed by atoms with Gasteiger partial charge in [-0.3, -0.25) is 9.59 Å². The minimum atomic E-state index is -0.598. The second-order valence-corrected chi connectivity index (χ2v) is 14.6. The Bertz CT molecular complexity index is 1810. The summed E-state index contributed by atoms with van der Waals surface area (Å²) in [7, 11) is 0. The molecule has 2 aromatic carbocycles. The molecule has 0 bridgehead atoms. The molecule has 0 unspecified atom stereocenters. The van der Waals surface area contributed by atoms with E-state index in [-0.39, 0.29) is 17.6 Å². The number of aryl methyl sites for hydroxylation is 2. The van der Waals surface area contributed by atoms with Crippen molar-refractivity contribution in [2.24, 2.45) is 4.99 Å². The molecule has 0 aromatic heterocycles. The lowest BCUT2D eigenvalue weighted by atomic mass is 9.87. The maximum absolute atomic E-state index is 13.1. The van der Waals surface area contributed by atoms with Gasteiger partial charge in [-0.15, -0.1) is 0 Å². The van der Waals surface area contributed by atoms with E-state index in [2.05, 4.69) is 20.9 Å². The number of carbonyl (C=O) groups excluding carboxylic acids is 4. The predicted molar refractivity (Wildman–Crippen MR) is 217 cm³/mol. The van der Waals surface area contributed by atoms with Crippen LogP contribution in [0, 0.1) is 13.8 Å². The number of hydrogen-bond acceptors (Lipinski definition) is 9. The van der Waals surface area contributed by atoms with E-state index in [4.69, 9.17) is 19.0 Å². The highest BCUT2D eigenvalue weighted by molar-refractivity contribution is 6.24. The number of rotatable bonds is 9. The van der Waals surface area contributed by atoms with E-state index < -0.39 is 17.2 Å². The molecule has 6 rings (SSSR count). The summed E-state index contributed by atoms with van der Waals surface area (Å²) in [5.41, 5.74) is 3.19. The van der Waals surface area contributed by atoms with E-state index in [0.717, 1.165) is 98.0 Å². The molecule has 2 fully saturated rings. The molecule has 12 heteroatoms. The molecule has 3 amide bonds. The number of ether oxygens (including phenoxy) is 3. The number of alkyl carbamates (subject to hydrolysis) is 1. The number of amides is 3. The van der Waals surface area contributed by atoms with Gasteiger partial charge in [-0.1, -0.05) is 63.5 Å². The summed E-state index contributed by atoms with van der Waals surface area (Å²) >= 11 is 0. The Morgan fingerprint density at radius 3 is 1.64 bits per heavy atom. The molecular formula is C44H60N4O8. The molecule has 12 nitrogen and oxygen atoms in total. The van der Waals surface area contributed by atoms with Gasteiger partial charge in [0.2, 0.25) is 6.08 Å². The van der Waals surface area contributed by atoms with Crippen LogP contribution in [0.1, 0.15) is 127 Å². The first-order valence-corrected chi connectivity index (χ1v) is 20.3. The molecule has 2 saturated carbocycles. The maximum Gasteiger partial charge on any atom is 0.412 e. The van der Waals surface area contributed by atoms with Gasteiger partial charge in [0.15, 0.2) is 0 Å². The van der Waals surface area contributed by atoms with Gasteiger partial charge in [0.05, 0.1) is 35.4 Å². The molecular weight excluding hydrogens is 713 g/mol. The zero-order valence-corrected chi connectivity index (χ0v) is 34.0. The number of aliphatic hydroxyl groups excluding tert-OH is 1. The van der Waals surface area contributed by atoms with E-state index >= 15 is 0 Å². The number of nitrogens with zero attached hydrogens (tertiary/aromatic N) is 1. The normalized spacial score (nSPS) is 18.2. The van der Waals surface area contributed by atoms with Gasteiger partial charge < -0.3 is 35.3 Å². The molecule has 2 heterocycles. The number of benzene rings is 2. The van der Waals surface area contributed by atoms with Crippen molar-refractivity contribution in [1.29, 1.82) is 0 Å². The van der Waals surface area contributed by atoms with Crippen molar-refractivity contribution in [3.05, 3.63) is 70.2 Å². The lowest BCUT2D eigenvalue weighted by Crippen LogP contribution is -2.45. The van der Waals surface area contributed by atoms with Crippen LogP contribution in [0.5, 0.6) is 11.5 Å².